The van der Waals surface area contributed by atoms with E-state index in [9.17, 15) is 9.59 Å². The molecule has 1 saturated carbocycles. The van der Waals surface area contributed by atoms with E-state index in [0.29, 0.717) is 42.0 Å². The molecule has 6 heteroatoms. The highest BCUT2D eigenvalue weighted by atomic mass is 16.7. The monoisotopic (exact) mass is 358 g/mol. The molecule has 140 valence electrons. The zero-order valence-electron chi connectivity index (χ0n) is 15.4. The second-order valence-electron chi connectivity index (χ2n) is 7.84. The molecule has 0 radical (unpaired) electrons. The van der Waals surface area contributed by atoms with Crippen LogP contribution in [-0.2, 0) is 9.59 Å². The molecule has 0 spiro atoms. The highest BCUT2D eigenvalue weighted by Crippen LogP contribution is 2.37. The zero-order valence-corrected chi connectivity index (χ0v) is 15.4. The van der Waals surface area contributed by atoms with Crippen molar-refractivity contribution >= 4 is 17.5 Å². The van der Waals surface area contributed by atoms with Crippen LogP contribution in [0.3, 0.4) is 0 Å². The molecule has 3 aliphatic rings. The Labute approximate surface area is 153 Å². The van der Waals surface area contributed by atoms with E-state index in [1.807, 2.05) is 4.90 Å². The molecule has 2 fully saturated rings. The quantitative estimate of drug-likeness (QED) is 0.902. The molecule has 2 heterocycles. The van der Waals surface area contributed by atoms with Crippen molar-refractivity contribution < 1.29 is 19.1 Å². The minimum absolute atomic E-state index is 0.101. The lowest BCUT2D eigenvalue weighted by Crippen LogP contribution is -2.45. The number of carbonyl (C=O) groups excluding carboxylic acids is 2. The lowest BCUT2D eigenvalue weighted by atomic mass is 9.77. The largest absolute Gasteiger partial charge is 0.454 e. The van der Waals surface area contributed by atoms with Crippen LogP contribution in [0.25, 0.3) is 0 Å². The van der Waals surface area contributed by atoms with Crippen LogP contribution in [-0.4, -0.2) is 36.1 Å². The molecule has 1 aliphatic carbocycles. The van der Waals surface area contributed by atoms with E-state index in [1.54, 1.807) is 18.2 Å². The number of amides is 2. The van der Waals surface area contributed by atoms with E-state index >= 15 is 0 Å². The maximum Gasteiger partial charge on any atom is 0.231 e. The van der Waals surface area contributed by atoms with Crippen LogP contribution in [0.15, 0.2) is 18.2 Å². The summed E-state index contributed by atoms with van der Waals surface area (Å²) in [6, 6.07) is 5.62. The van der Waals surface area contributed by atoms with E-state index in [2.05, 4.69) is 19.2 Å². The Morgan fingerprint density at radius 2 is 2.00 bits per heavy atom. The second-order valence-corrected chi connectivity index (χ2v) is 7.84. The third kappa shape index (κ3) is 3.13. The molecular formula is C20H26N2O4. The van der Waals surface area contributed by atoms with Gasteiger partial charge in [-0.15, -0.1) is 0 Å². The highest BCUT2D eigenvalue weighted by Gasteiger charge is 2.41. The summed E-state index contributed by atoms with van der Waals surface area (Å²) < 4.78 is 10.6. The fourth-order valence-electron chi connectivity index (χ4n) is 4.44. The first-order chi connectivity index (χ1) is 12.5. The standard InChI is InChI=1S/C20H26N2O4/c1-12-4-3-5-16(13(12)2)22-10-14(8-19(22)23)20(24)21-15-6-7-17-18(9-15)26-11-25-17/h6-7,9,12-14,16H,3-5,8,10-11H2,1-2H3,(H,21,24)/t12-,13-,14-,16+/m1/s1. The van der Waals surface area contributed by atoms with Gasteiger partial charge in [-0.05, 0) is 30.4 Å². The molecule has 2 aliphatic heterocycles. The Morgan fingerprint density at radius 3 is 2.85 bits per heavy atom. The molecule has 1 aromatic carbocycles. The number of hydrogen-bond donors (Lipinski definition) is 1. The highest BCUT2D eigenvalue weighted by molar-refractivity contribution is 5.97. The molecule has 4 rings (SSSR count). The zero-order chi connectivity index (χ0) is 18.3. The van der Waals surface area contributed by atoms with Crippen molar-refractivity contribution in [1.29, 1.82) is 0 Å². The van der Waals surface area contributed by atoms with Crippen LogP contribution >= 0.6 is 0 Å². The molecule has 1 saturated heterocycles. The average molecular weight is 358 g/mol. The van der Waals surface area contributed by atoms with Crippen LogP contribution < -0.4 is 14.8 Å². The van der Waals surface area contributed by atoms with Gasteiger partial charge in [0.15, 0.2) is 11.5 Å². The van der Waals surface area contributed by atoms with Gasteiger partial charge in [0.25, 0.3) is 0 Å². The van der Waals surface area contributed by atoms with E-state index < -0.39 is 0 Å². The Kier molecular flexibility index (Phi) is 4.51. The van der Waals surface area contributed by atoms with Crippen molar-refractivity contribution in [3.63, 3.8) is 0 Å². The fraction of sp³-hybridized carbons (Fsp3) is 0.600. The number of nitrogens with zero attached hydrogens (tertiary/aromatic N) is 1. The van der Waals surface area contributed by atoms with Gasteiger partial charge >= 0.3 is 0 Å². The van der Waals surface area contributed by atoms with Gasteiger partial charge in [-0.1, -0.05) is 26.7 Å². The molecule has 26 heavy (non-hydrogen) atoms. The maximum absolute atomic E-state index is 12.7. The minimum Gasteiger partial charge on any atom is -0.454 e. The maximum atomic E-state index is 12.7. The van der Waals surface area contributed by atoms with Crippen LogP contribution in [0.5, 0.6) is 11.5 Å². The summed E-state index contributed by atoms with van der Waals surface area (Å²) in [5, 5.41) is 2.92. The summed E-state index contributed by atoms with van der Waals surface area (Å²) in [5.41, 5.74) is 0.671. The van der Waals surface area contributed by atoms with Crippen molar-refractivity contribution in [2.24, 2.45) is 17.8 Å². The van der Waals surface area contributed by atoms with Crippen molar-refractivity contribution in [2.45, 2.75) is 45.6 Å². The number of hydrogen-bond acceptors (Lipinski definition) is 4. The summed E-state index contributed by atoms with van der Waals surface area (Å²) in [4.78, 5) is 27.2. The minimum atomic E-state index is -0.294. The van der Waals surface area contributed by atoms with E-state index in [4.69, 9.17) is 9.47 Å². The molecule has 2 amide bonds. The van der Waals surface area contributed by atoms with E-state index in [-0.39, 0.29) is 30.6 Å². The molecule has 0 bridgehead atoms. The van der Waals surface area contributed by atoms with Gasteiger partial charge in [0.05, 0.1) is 5.92 Å². The van der Waals surface area contributed by atoms with Gasteiger partial charge in [0, 0.05) is 30.8 Å². The Balaban J connectivity index is 1.41. The molecular weight excluding hydrogens is 332 g/mol. The Morgan fingerprint density at radius 1 is 1.19 bits per heavy atom. The molecule has 1 N–H and O–H groups in total. The smallest absolute Gasteiger partial charge is 0.231 e. The van der Waals surface area contributed by atoms with Crippen LogP contribution in [0.1, 0.15) is 39.5 Å². The fourth-order valence-corrected chi connectivity index (χ4v) is 4.44. The first-order valence-electron chi connectivity index (χ1n) is 9.53. The van der Waals surface area contributed by atoms with Crippen LogP contribution in [0.4, 0.5) is 5.69 Å². The number of fused-ring (bicyclic) bond motifs is 1. The van der Waals surface area contributed by atoms with Crippen molar-refractivity contribution in [2.75, 3.05) is 18.7 Å². The Bertz CT molecular complexity index is 720. The molecule has 0 aromatic heterocycles. The number of ether oxygens (including phenoxy) is 2. The van der Waals surface area contributed by atoms with Gasteiger partial charge in [-0.25, -0.2) is 0 Å². The summed E-state index contributed by atoms with van der Waals surface area (Å²) in [7, 11) is 0. The second kappa shape index (κ2) is 6.82. The first-order valence-corrected chi connectivity index (χ1v) is 9.53. The van der Waals surface area contributed by atoms with Gasteiger partial charge in [0.1, 0.15) is 0 Å². The topological polar surface area (TPSA) is 67.9 Å². The van der Waals surface area contributed by atoms with Crippen molar-refractivity contribution in [3.8, 4) is 11.5 Å². The number of rotatable bonds is 3. The van der Waals surface area contributed by atoms with Crippen LogP contribution in [0.2, 0.25) is 0 Å². The molecule has 4 atom stereocenters. The molecule has 1 aromatic rings. The summed E-state index contributed by atoms with van der Waals surface area (Å²) in [6.45, 7) is 5.23. The van der Waals surface area contributed by atoms with Gasteiger partial charge in [-0.2, -0.15) is 0 Å². The summed E-state index contributed by atoms with van der Waals surface area (Å²) in [6.07, 6.45) is 3.74. The third-order valence-corrected chi connectivity index (χ3v) is 6.23. The molecule has 0 unspecified atom stereocenters. The van der Waals surface area contributed by atoms with E-state index in [1.165, 1.54) is 6.42 Å². The third-order valence-electron chi connectivity index (χ3n) is 6.23. The number of carbonyl (C=O) groups is 2. The number of benzene rings is 1. The number of likely N-dealkylation sites (tertiary alicyclic amines) is 1. The number of anilines is 1. The van der Waals surface area contributed by atoms with Gasteiger partial charge in [-0.3, -0.25) is 9.59 Å². The van der Waals surface area contributed by atoms with E-state index in [0.717, 1.165) is 12.8 Å². The lowest BCUT2D eigenvalue weighted by molar-refractivity contribution is -0.131. The van der Waals surface area contributed by atoms with Gasteiger partial charge in [0.2, 0.25) is 18.6 Å². The number of nitrogens with one attached hydrogen (secondary N) is 1. The Hall–Kier alpha value is -2.24. The van der Waals surface area contributed by atoms with Crippen molar-refractivity contribution in [1.82, 2.24) is 4.90 Å². The predicted octanol–water partition coefficient (Wildman–Crippen LogP) is 3.03. The van der Waals surface area contributed by atoms with Crippen molar-refractivity contribution in [3.05, 3.63) is 18.2 Å². The van der Waals surface area contributed by atoms with Gasteiger partial charge < -0.3 is 19.7 Å². The first kappa shape index (κ1) is 17.2. The van der Waals surface area contributed by atoms with Crippen LogP contribution in [0, 0.1) is 17.8 Å². The normalized spacial score (nSPS) is 30.5. The summed E-state index contributed by atoms with van der Waals surface area (Å²) in [5.74, 6) is 2.16. The SMILES string of the molecule is C[C@@H]1[C@H](C)CCC[C@@H]1N1C[C@H](C(=O)Nc2ccc3c(c2)OCO3)CC1=O. The predicted molar refractivity (Wildman–Crippen MR) is 97.0 cm³/mol. The summed E-state index contributed by atoms with van der Waals surface area (Å²) >= 11 is 0. The average Bonchev–Trinajstić information content (AvgIpc) is 3.23. The lowest BCUT2D eigenvalue weighted by Gasteiger charge is -2.40. The molecule has 6 nitrogen and oxygen atoms in total.